The summed E-state index contributed by atoms with van der Waals surface area (Å²) in [7, 11) is 0. The van der Waals surface area contributed by atoms with Gasteiger partial charge in [0.2, 0.25) is 0 Å². The van der Waals surface area contributed by atoms with E-state index in [0.717, 1.165) is 15.5 Å². The van der Waals surface area contributed by atoms with Crippen molar-refractivity contribution in [2.24, 2.45) is 0 Å². The third-order valence-electron chi connectivity index (χ3n) is 2.48. The van der Waals surface area contributed by atoms with Crippen LogP contribution in [0.1, 0.15) is 0 Å². The van der Waals surface area contributed by atoms with Crippen LogP contribution in [-0.2, 0) is 0 Å². The maximum Gasteiger partial charge on any atom is 0.0720 e. The Morgan fingerprint density at radius 1 is 0.812 bits per heavy atom. The minimum Gasteiger partial charge on any atom is -0.248 e. The summed E-state index contributed by atoms with van der Waals surface area (Å²) in [6.07, 6.45) is 0. The first-order valence-electron chi connectivity index (χ1n) is 4.78. The number of hydrogen-bond acceptors (Lipinski definition) is 1. The third kappa shape index (κ3) is 2.40. The Morgan fingerprint density at radius 3 is 2.44 bits per heavy atom. The number of rotatable bonds is 0. The molecular formula is C13H8BrKN. The summed E-state index contributed by atoms with van der Waals surface area (Å²) in [6, 6.07) is 16.5. The van der Waals surface area contributed by atoms with Crippen molar-refractivity contribution in [1.29, 1.82) is 0 Å². The van der Waals surface area contributed by atoms with E-state index in [1.807, 2.05) is 30.3 Å². The van der Waals surface area contributed by atoms with E-state index < -0.39 is 0 Å². The maximum atomic E-state index is 4.61. The van der Waals surface area contributed by atoms with E-state index in [2.05, 4.69) is 39.1 Å². The SMILES string of the molecule is Brc1ccc2cc3ccccc3nc2c1.[K]. The number of aromatic nitrogens is 1. The van der Waals surface area contributed by atoms with Crippen LogP contribution in [0.15, 0.2) is 53.0 Å². The zero-order valence-electron chi connectivity index (χ0n) is 8.94. The smallest absolute Gasteiger partial charge is 0.0720 e. The molecule has 1 nitrogen and oxygen atoms in total. The average molecular weight is 297 g/mol. The molecule has 0 fully saturated rings. The third-order valence-corrected chi connectivity index (χ3v) is 2.97. The Morgan fingerprint density at radius 2 is 1.56 bits per heavy atom. The van der Waals surface area contributed by atoms with Crippen LogP contribution in [0, 0.1) is 0 Å². The second-order valence-electron chi connectivity index (χ2n) is 3.52. The molecule has 1 aromatic heterocycles. The molecule has 2 aromatic carbocycles. The molecule has 1 radical (unpaired) electrons. The Kier molecular flexibility index (Phi) is 4.16. The molecule has 3 rings (SSSR count). The molecule has 0 atom stereocenters. The monoisotopic (exact) mass is 296 g/mol. The van der Waals surface area contributed by atoms with Crippen LogP contribution in [-0.4, -0.2) is 56.4 Å². The van der Waals surface area contributed by atoms with Crippen LogP contribution < -0.4 is 0 Å². The molecule has 0 saturated heterocycles. The van der Waals surface area contributed by atoms with Crippen molar-refractivity contribution in [2.75, 3.05) is 0 Å². The van der Waals surface area contributed by atoms with E-state index in [1.54, 1.807) is 0 Å². The van der Waals surface area contributed by atoms with Gasteiger partial charge < -0.3 is 0 Å². The van der Waals surface area contributed by atoms with Crippen molar-refractivity contribution in [3.63, 3.8) is 0 Å². The molecule has 1 heterocycles. The van der Waals surface area contributed by atoms with Gasteiger partial charge in [0.05, 0.1) is 11.0 Å². The molecule has 0 N–H and O–H groups in total. The fourth-order valence-corrected chi connectivity index (χ4v) is 2.09. The van der Waals surface area contributed by atoms with Gasteiger partial charge in [0.25, 0.3) is 0 Å². The Hall–Kier alpha value is 0.226. The van der Waals surface area contributed by atoms with Gasteiger partial charge in [0.15, 0.2) is 0 Å². The fourth-order valence-electron chi connectivity index (χ4n) is 1.74. The normalized spacial score (nSPS) is 10.3. The standard InChI is InChI=1S/C13H8BrN.K/c14-11-6-5-10-7-9-3-1-2-4-12(9)15-13(10)8-11;/h1-8H;. The van der Waals surface area contributed by atoms with E-state index in [0.29, 0.717) is 0 Å². The Labute approximate surface area is 145 Å². The van der Waals surface area contributed by atoms with Gasteiger partial charge >= 0.3 is 0 Å². The molecular weight excluding hydrogens is 289 g/mol. The van der Waals surface area contributed by atoms with E-state index in [1.165, 1.54) is 10.8 Å². The summed E-state index contributed by atoms with van der Waals surface area (Å²) < 4.78 is 1.07. The summed E-state index contributed by atoms with van der Waals surface area (Å²) in [4.78, 5) is 4.61. The van der Waals surface area contributed by atoms with Crippen LogP contribution in [0.3, 0.4) is 0 Å². The Balaban J connectivity index is 0.000000963. The van der Waals surface area contributed by atoms with Gasteiger partial charge in [0, 0.05) is 66.6 Å². The first-order valence-corrected chi connectivity index (χ1v) is 5.57. The van der Waals surface area contributed by atoms with E-state index in [9.17, 15) is 0 Å². The number of hydrogen-bond donors (Lipinski definition) is 0. The average Bonchev–Trinajstić information content (AvgIpc) is 2.26. The number of benzene rings is 2. The predicted octanol–water partition coefficient (Wildman–Crippen LogP) is 3.77. The molecule has 0 aliphatic rings. The van der Waals surface area contributed by atoms with Crippen LogP contribution in [0.2, 0.25) is 0 Å². The van der Waals surface area contributed by atoms with Crippen molar-refractivity contribution in [2.45, 2.75) is 0 Å². The van der Waals surface area contributed by atoms with Gasteiger partial charge in [0.1, 0.15) is 0 Å². The molecule has 3 heteroatoms. The minimum atomic E-state index is 0. The molecule has 0 aliphatic carbocycles. The topological polar surface area (TPSA) is 12.9 Å². The predicted molar refractivity (Wildman–Crippen MR) is 72.7 cm³/mol. The zero-order valence-corrected chi connectivity index (χ0v) is 13.7. The van der Waals surface area contributed by atoms with Crippen molar-refractivity contribution >= 4 is 89.1 Å². The Bertz CT molecular complexity index is 652. The minimum absolute atomic E-state index is 0. The number of halogens is 1. The quantitative estimate of drug-likeness (QED) is 0.455. The maximum absolute atomic E-state index is 4.61. The number of fused-ring (bicyclic) bond motifs is 2. The van der Waals surface area contributed by atoms with Crippen molar-refractivity contribution in [3.05, 3.63) is 53.0 Å². The van der Waals surface area contributed by atoms with Crippen molar-refractivity contribution < 1.29 is 0 Å². The van der Waals surface area contributed by atoms with Gasteiger partial charge in [-0.15, -0.1) is 0 Å². The molecule has 0 saturated carbocycles. The first-order chi connectivity index (χ1) is 7.33. The molecule has 73 valence electrons. The summed E-state index contributed by atoms with van der Waals surface area (Å²) in [5, 5.41) is 2.37. The molecule has 0 aliphatic heterocycles. The van der Waals surface area contributed by atoms with Gasteiger partial charge in [-0.2, -0.15) is 0 Å². The van der Waals surface area contributed by atoms with Crippen LogP contribution in [0.4, 0.5) is 0 Å². The molecule has 0 spiro atoms. The largest absolute Gasteiger partial charge is 0.248 e. The second kappa shape index (κ2) is 5.25. The first kappa shape index (κ1) is 12.7. The summed E-state index contributed by atoms with van der Waals surface area (Å²) in [6.45, 7) is 0. The van der Waals surface area contributed by atoms with E-state index in [4.69, 9.17) is 0 Å². The van der Waals surface area contributed by atoms with E-state index >= 15 is 0 Å². The van der Waals surface area contributed by atoms with Crippen LogP contribution in [0.5, 0.6) is 0 Å². The molecule has 16 heavy (non-hydrogen) atoms. The van der Waals surface area contributed by atoms with Gasteiger partial charge in [-0.1, -0.05) is 40.2 Å². The molecule has 0 bridgehead atoms. The zero-order chi connectivity index (χ0) is 10.3. The summed E-state index contributed by atoms with van der Waals surface area (Å²) in [5.41, 5.74) is 2.08. The number of para-hydroxylation sites is 1. The van der Waals surface area contributed by atoms with Crippen molar-refractivity contribution in [3.8, 4) is 0 Å². The second-order valence-corrected chi connectivity index (χ2v) is 4.43. The molecule has 0 amide bonds. The molecule has 3 aromatic rings. The van der Waals surface area contributed by atoms with Crippen LogP contribution in [0.25, 0.3) is 21.8 Å². The number of nitrogens with zero attached hydrogens (tertiary/aromatic N) is 1. The fraction of sp³-hybridized carbons (Fsp3) is 0. The van der Waals surface area contributed by atoms with Crippen LogP contribution >= 0.6 is 15.9 Å². The summed E-state index contributed by atoms with van der Waals surface area (Å²) >= 11 is 3.46. The summed E-state index contributed by atoms with van der Waals surface area (Å²) in [5.74, 6) is 0. The van der Waals surface area contributed by atoms with Gasteiger partial charge in [-0.3, -0.25) is 0 Å². The molecule has 0 unspecified atom stereocenters. The number of pyridine rings is 1. The van der Waals surface area contributed by atoms with Gasteiger partial charge in [-0.05, 0) is 24.3 Å². The van der Waals surface area contributed by atoms with Gasteiger partial charge in [-0.25, -0.2) is 4.98 Å². The van der Waals surface area contributed by atoms with Crippen molar-refractivity contribution in [1.82, 2.24) is 4.98 Å². The van der Waals surface area contributed by atoms with E-state index in [-0.39, 0.29) is 51.4 Å².